The molecule has 1 heterocycles. The number of hydrogen-bond acceptors (Lipinski definition) is 4. The molecule has 3 aromatic carbocycles. The maximum atomic E-state index is 4.85. The number of hydrogen-bond donors (Lipinski definition) is 0. The summed E-state index contributed by atoms with van der Waals surface area (Å²) in [6, 6.07) is 28.8. The SMILES string of the molecule is Cc1cccc(CSc2nnc(-c3ccccc3)c(-c3ccccc3)n2)c1. The van der Waals surface area contributed by atoms with Crippen LogP contribution in [0.4, 0.5) is 0 Å². The van der Waals surface area contributed by atoms with Crippen LogP contribution in [0.2, 0.25) is 0 Å². The second-order valence-electron chi connectivity index (χ2n) is 6.30. The van der Waals surface area contributed by atoms with Crippen LogP contribution >= 0.6 is 11.8 Å². The Kier molecular flexibility index (Phi) is 5.26. The summed E-state index contributed by atoms with van der Waals surface area (Å²) >= 11 is 1.61. The smallest absolute Gasteiger partial charge is 0.210 e. The largest absolute Gasteiger partial charge is 0.219 e. The molecular formula is C23H19N3S. The number of rotatable bonds is 5. The van der Waals surface area contributed by atoms with Gasteiger partial charge in [0.2, 0.25) is 5.16 Å². The third-order valence-corrected chi connectivity index (χ3v) is 5.12. The molecule has 4 heteroatoms. The molecule has 0 atom stereocenters. The summed E-state index contributed by atoms with van der Waals surface area (Å²) in [5.74, 6) is 0.822. The van der Waals surface area contributed by atoms with Gasteiger partial charge in [0.15, 0.2) is 0 Å². The molecule has 27 heavy (non-hydrogen) atoms. The number of nitrogens with zero attached hydrogens (tertiary/aromatic N) is 3. The van der Waals surface area contributed by atoms with Gasteiger partial charge in [-0.25, -0.2) is 4.98 Å². The zero-order valence-corrected chi connectivity index (χ0v) is 15.9. The lowest BCUT2D eigenvalue weighted by Crippen LogP contribution is -1.99. The second kappa shape index (κ2) is 8.14. The van der Waals surface area contributed by atoms with E-state index in [-0.39, 0.29) is 0 Å². The molecule has 0 radical (unpaired) electrons. The van der Waals surface area contributed by atoms with Gasteiger partial charge in [-0.05, 0) is 12.5 Å². The highest BCUT2D eigenvalue weighted by atomic mass is 32.2. The first-order valence-corrected chi connectivity index (χ1v) is 9.82. The van der Waals surface area contributed by atoms with Crippen molar-refractivity contribution in [3.05, 3.63) is 96.1 Å². The van der Waals surface area contributed by atoms with Crippen molar-refractivity contribution in [2.75, 3.05) is 0 Å². The van der Waals surface area contributed by atoms with E-state index in [4.69, 9.17) is 4.98 Å². The van der Waals surface area contributed by atoms with Crippen molar-refractivity contribution in [3.8, 4) is 22.5 Å². The first-order valence-electron chi connectivity index (χ1n) is 8.83. The van der Waals surface area contributed by atoms with Gasteiger partial charge in [0.1, 0.15) is 11.4 Å². The molecule has 1 aromatic heterocycles. The van der Waals surface area contributed by atoms with Crippen LogP contribution in [-0.2, 0) is 5.75 Å². The van der Waals surface area contributed by atoms with Gasteiger partial charge in [-0.1, -0.05) is 102 Å². The highest BCUT2D eigenvalue weighted by Gasteiger charge is 2.13. The Morgan fingerprint density at radius 1 is 0.704 bits per heavy atom. The first kappa shape index (κ1) is 17.4. The molecule has 3 nitrogen and oxygen atoms in total. The van der Waals surface area contributed by atoms with E-state index in [0.717, 1.165) is 28.3 Å². The van der Waals surface area contributed by atoms with Crippen molar-refractivity contribution in [2.24, 2.45) is 0 Å². The Morgan fingerprint density at radius 3 is 2.04 bits per heavy atom. The van der Waals surface area contributed by atoms with E-state index in [9.17, 15) is 0 Å². The Balaban J connectivity index is 1.68. The Morgan fingerprint density at radius 2 is 1.37 bits per heavy atom. The van der Waals surface area contributed by atoms with Gasteiger partial charge >= 0.3 is 0 Å². The lowest BCUT2D eigenvalue weighted by molar-refractivity contribution is 0.850. The minimum atomic E-state index is 0.690. The summed E-state index contributed by atoms with van der Waals surface area (Å²) in [7, 11) is 0. The van der Waals surface area contributed by atoms with E-state index in [1.807, 2.05) is 48.5 Å². The molecule has 0 aliphatic carbocycles. The fourth-order valence-corrected chi connectivity index (χ4v) is 3.64. The van der Waals surface area contributed by atoms with E-state index < -0.39 is 0 Å². The minimum Gasteiger partial charge on any atom is -0.219 e. The van der Waals surface area contributed by atoms with Gasteiger partial charge in [0, 0.05) is 16.9 Å². The van der Waals surface area contributed by atoms with Crippen molar-refractivity contribution in [2.45, 2.75) is 17.8 Å². The topological polar surface area (TPSA) is 38.7 Å². The average Bonchev–Trinajstić information content (AvgIpc) is 2.73. The molecule has 0 bridgehead atoms. The molecule has 0 saturated carbocycles. The standard InChI is InChI=1S/C23H19N3S/c1-17-9-8-10-18(15-17)16-27-23-24-21(19-11-4-2-5-12-19)22(25-26-23)20-13-6-3-7-14-20/h2-15H,16H2,1H3. The molecule has 0 spiro atoms. The van der Waals surface area contributed by atoms with Crippen LogP contribution in [-0.4, -0.2) is 15.2 Å². The van der Waals surface area contributed by atoms with E-state index >= 15 is 0 Å². The van der Waals surface area contributed by atoms with Crippen molar-refractivity contribution >= 4 is 11.8 Å². The van der Waals surface area contributed by atoms with E-state index in [1.165, 1.54) is 11.1 Å². The molecule has 4 rings (SSSR count). The first-order chi connectivity index (χ1) is 13.3. The molecule has 0 N–H and O–H groups in total. The monoisotopic (exact) mass is 369 g/mol. The average molecular weight is 369 g/mol. The maximum absolute atomic E-state index is 4.85. The number of benzene rings is 3. The lowest BCUT2D eigenvalue weighted by Gasteiger charge is -2.09. The number of aromatic nitrogens is 3. The summed E-state index contributed by atoms with van der Waals surface area (Å²) in [6.07, 6.45) is 0. The third kappa shape index (κ3) is 4.23. The van der Waals surface area contributed by atoms with Gasteiger partial charge in [-0.2, -0.15) is 0 Å². The fourth-order valence-electron chi connectivity index (χ4n) is 2.91. The van der Waals surface area contributed by atoms with Crippen LogP contribution in [0.15, 0.2) is 90.1 Å². The molecule has 132 valence electrons. The second-order valence-corrected chi connectivity index (χ2v) is 7.24. The van der Waals surface area contributed by atoms with Crippen LogP contribution < -0.4 is 0 Å². The van der Waals surface area contributed by atoms with Gasteiger partial charge < -0.3 is 0 Å². The van der Waals surface area contributed by atoms with Crippen LogP contribution in [0.1, 0.15) is 11.1 Å². The number of aryl methyl sites for hydroxylation is 1. The third-order valence-electron chi connectivity index (χ3n) is 4.21. The Bertz CT molecular complexity index is 1030. The normalized spacial score (nSPS) is 10.7. The molecule has 0 unspecified atom stereocenters. The molecule has 0 amide bonds. The van der Waals surface area contributed by atoms with E-state index in [2.05, 4.69) is 53.5 Å². The molecular weight excluding hydrogens is 350 g/mol. The number of thioether (sulfide) groups is 1. The summed E-state index contributed by atoms with van der Waals surface area (Å²) in [6.45, 7) is 2.11. The highest BCUT2D eigenvalue weighted by Crippen LogP contribution is 2.30. The minimum absolute atomic E-state index is 0.690. The van der Waals surface area contributed by atoms with Gasteiger partial charge in [0.25, 0.3) is 0 Å². The van der Waals surface area contributed by atoms with Crippen LogP contribution in [0.3, 0.4) is 0 Å². The summed E-state index contributed by atoms with van der Waals surface area (Å²) in [5, 5.41) is 9.59. The zero-order valence-electron chi connectivity index (χ0n) is 15.0. The molecule has 0 fully saturated rings. The lowest BCUT2D eigenvalue weighted by atomic mass is 10.0. The van der Waals surface area contributed by atoms with E-state index in [0.29, 0.717) is 5.16 Å². The van der Waals surface area contributed by atoms with E-state index in [1.54, 1.807) is 11.8 Å². The predicted octanol–water partition coefficient (Wildman–Crippen LogP) is 5.81. The van der Waals surface area contributed by atoms with Crippen molar-refractivity contribution in [1.82, 2.24) is 15.2 Å². The quantitative estimate of drug-likeness (QED) is 0.416. The summed E-state index contributed by atoms with van der Waals surface area (Å²) in [4.78, 5) is 4.85. The molecule has 4 aromatic rings. The van der Waals surface area contributed by atoms with Crippen molar-refractivity contribution in [1.29, 1.82) is 0 Å². The molecule has 0 aliphatic rings. The van der Waals surface area contributed by atoms with Gasteiger partial charge in [0.05, 0.1) is 0 Å². The summed E-state index contributed by atoms with van der Waals surface area (Å²) < 4.78 is 0. The zero-order chi connectivity index (χ0) is 18.5. The van der Waals surface area contributed by atoms with Crippen molar-refractivity contribution < 1.29 is 0 Å². The Labute approximate surface area is 163 Å². The molecule has 0 saturated heterocycles. The van der Waals surface area contributed by atoms with Crippen LogP contribution in [0.25, 0.3) is 22.5 Å². The van der Waals surface area contributed by atoms with Crippen LogP contribution in [0.5, 0.6) is 0 Å². The van der Waals surface area contributed by atoms with Crippen molar-refractivity contribution in [3.63, 3.8) is 0 Å². The maximum Gasteiger partial charge on any atom is 0.210 e. The van der Waals surface area contributed by atoms with Gasteiger partial charge in [-0.3, -0.25) is 0 Å². The predicted molar refractivity (Wildman–Crippen MR) is 111 cm³/mol. The highest BCUT2D eigenvalue weighted by molar-refractivity contribution is 7.98. The Hall–Kier alpha value is -2.98. The summed E-state index contributed by atoms with van der Waals surface area (Å²) in [5.41, 5.74) is 6.26. The molecule has 0 aliphatic heterocycles. The van der Waals surface area contributed by atoms with Gasteiger partial charge in [-0.15, -0.1) is 10.2 Å². The fraction of sp³-hybridized carbons (Fsp3) is 0.0870. The van der Waals surface area contributed by atoms with Crippen LogP contribution in [0, 0.1) is 6.92 Å².